The van der Waals surface area contributed by atoms with E-state index in [4.69, 9.17) is 0 Å². The van der Waals surface area contributed by atoms with Crippen LogP contribution in [-0.4, -0.2) is 32.1 Å². The second kappa shape index (κ2) is 7.83. The van der Waals surface area contributed by atoms with E-state index in [1.807, 2.05) is 0 Å². The van der Waals surface area contributed by atoms with E-state index in [-0.39, 0.29) is 0 Å². The number of rotatable bonds is 7. The first-order valence-electron chi connectivity index (χ1n) is 7.22. The zero-order chi connectivity index (χ0) is 14.2. The molecule has 20 heavy (non-hydrogen) atoms. The quantitative estimate of drug-likeness (QED) is 0.830. The molecule has 0 aliphatic rings. The van der Waals surface area contributed by atoms with E-state index < -0.39 is 0 Å². The van der Waals surface area contributed by atoms with Gasteiger partial charge in [-0.1, -0.05) is 60.7 Å². The van der Waals surface area contributed by atoms with Gasteiger partial charge in [-0.05, 0) is 31.6 Å². The van der Waals surface area contributed by atoms with Gasteiger partial charge < -0.3 is 10.2 Å². The van der Waals surface area contributed by atoms with Crippen molar-refractivity contribution >= 4 is 0 Å². The van der Waals surface area contributed by atoms with E-state index in [9.17, 15) is 0 Å². The van der Waals surface area contributed by atoms with Crippen molar-refractivity contribution in [3.05, 3.63) is 71.8 Å². The molecule has 2 rings (SSSR count). The topological polar surface area (TPSA) is 15.3 Å². The molecule has 106 valence electrons. The van der Waals surface area contributed by atoms with Crippen LogP contribution in [0.2, 0.25) is 0 Å². The average molecular weight is 268 g/mol. The van der Waals surface area contributed by atoms with Crippen molar-refractivity contribution in [3.8, 4) is 0 Å². The van der Waals surface area contributed by atoms with E-state index in [2.05, 4.69) is 85.0 Å². The van der Waals surface area contributed by atoms with Crippen LogP contribution < -0.4 is 5.32 Å². The zero-order valence-electron chi connectivity index (χ0n) is 12.4. The molecule has 0 saturated heterocycles. The Morgan fingerprint density at radius 3 is 2.10 bits per heavy atom. The Balaban J connectivity index is 2.04. The summed E-state index contributed by atoms with van der Waals surface area (Å²) in [5.41, 5.74) is 2.73. The first-order valence-corrected chi connectivity index (χ1v) is 7.22. The van der Waals surface area contributed by atoms with Gasteiger partial charge in [0.15, 0.2) is 0 Å². The fourth-order valence-electron chi connectivity index (χ4n) is 2.31. The molecule has 0 unspecified atom stereocenters. The van der Waals surface area contributed by atoms with Gasteiger partial charge in [-0.25, -0.2) is 0 Å². The van der Waals surface area contributed by atoms with Crippen LogP contribution in [-0.2, 0) is 6.42 Å². The van der Waals surface area contributed by atoms with Gasteiger partial charge in [-0.3, -0.25) is 0 Å². The van der Waals surface area contributed by atoms with Gasteiger partial charge >= 0.3 is 0 Å². The third-order valence-corrected chi connectivity index (χ3v) is 3.43. The highest BCUT2D eigenvalue weighted by Crippen LogP contribution is 2.18. The molecule has 0 amide bonds. The molecule has 2 aromatic rings. The highest BCUT2D eigenvalue weighted by Gasteiger charge is 2.11. The summed E-state index contributed by atoms with van der Waals surface area (Å²) in [5.74, 6) is 0. The third-order valence-electron chi connectivity index (χ3n) is 3.43. The van der Waals surface area contributed by atoms with Crippen molar-refractivity contribution in [2.24, 2.45) is 0 Å². The third kappa shape index (κ3) is 4.80. The summed E-state index contributed by atoms with van der Waals surface area (Å²) in [7, 11) is 4.22. The van der Waals surface area contributed by atoms with Crippen molar-refractivity contribution in [2.45, 2.75) is 12.5 Å². The molecule has 0 fully saturated rings. The van der Waals surface area contributed by atoms with Crippen molar-refractivity contribution < 1.29 is 0 Å². The monoisotopic (exact) mass is 268 g/mol. The Morgan fingerprint density at radius 1 is 0.900 bits per heavy atom. The SMILES string of the molecule is CN(C)CCN[C@H](Cc1ccccc1)c1ccccc1. The summed E-state index contributed by atoms with van der Waals surface area (Å²) in [4.78, 5) is 2.21. The first-order chi connectivity index (χ1) is 9.75. The summed E-state index contributed by atoms with van der Waals surface area (Å²) in [5, 5.41) is 3.67. The number of hydrogen-bond acceptors (Lipinski definition) is 2. The number of benzene rings is 2. The molecular formula is C18H24N2. The number of likely N-dealkylation sites (N-methyl/N-ethyl adjacent to an activating group) is 1. The Bertz CT molecular complexity index is 479. The van der Waals surface area contributed by atoms with Crippen LogP contribution in [0, 0.1) is 0 Å². The highest BCUT2D eigenvalue weighted by atomic mass is 15.1. The largest absolute Gasteiger partial charge is 0.308 e. The van der Waals surface area contributed by atoms with Crippen LogP contribution in [0.15, 0.2) is 60.7 Å². The van der Waals surface area contributed by atoms with Crippen molar-refractivity contribution in [2.75, 3.05) is 27.2 Å². The molecule has 0 aliphatic heterocycles. The molecule has 2 aromatic carbocycles. The van der Waals surface area contributed by atoms with E-state index in [0.29, 0.717) is 6.04 Å². The van der Waals surface area contributed by atoms with Crippen LogP contribution in [0.4, 0.5) is 0 Å². The van der Waals surface area contributed by atoms with Gasteiger partial charge in [-0.2, -0.15) is 0 Å². The van der Waals surface area contributed by atoms with Crippen molar-refractivity contribution in [1.29, 1.82) is 0 Å². The Hall–Kier alpha value is -1.64. The van der Waals surface area contributed by atoms with Gasteiger partial charge in [0.25, 0.3) is 0 Å². The molecule has 1 N–H and O–H groups in total. The minimum Gasteiger partial charge on any atom is -0.308 e. The summed E-state index contributed by atoms with van der Waals surface area (Å²) in [6.45, 7) is 2.05. The maximum absolute atomic E-state index is 3.67. The predicted octanol–water partition coefficient (Wildman–Crippen LogP) is 3.12. The fraction of sp³-hybridized carbons (Fsp3) is 0.333. The van der Waals surface area contributed by atoms with E-state index in [1.165, 1.54) is 11.1 Å². The van der Waals surface area contributed by atoms with Gasteiger partial charge in [0.05, 0.1) is 0 Å². The molecule has 2 nitrogen and oxygen atoms in total. The molecule has 0 saturated carbocycles. The van der Waals surface area contributed by atoms with Crippen LogP contribution in [0.1, 0.15) is 17.2 Å². The normalized spacial score (nSPS) is 12.6. The standard InChI is InChI=1S/C18H24N2/c1-20(2)14-13-19-18(17-11-7-4-8-12-17)15-16-9-5-3-6-10-16/h3-12,18-19H,13-15H2,1-2H3/t18-/m1/s1. The fourth-order valence-corrected chi connectivity index (χ4v) is 2.31. The lowest BCUT2D eigenvalue weighted by molar-refractivity contribution is 0.384. The first kappa shape index (κ1) is 14.8. The minimum atomic E-state index is 0.374. The Morgan fingerprint density at radius 2 is 1.50 bits per heavy atom. The van der Waals surface area contributed by atoms with Gasteiger partial charge in [0, 0.05) is 19.1 Å². The molecular weight excluding hydrogens is 244 g/mol. The van der Waals surface area contributed by atoms with Crippen LogP contribution in [0.5, 0.6) is 0 Å². The van der Waals surface area contributed by atoms with Crippen molar-refractivity contribution in [3.63, 3.8) is 0 Å². The lowest BCUT2D eigenvalue weighted by Crippen LogP contribution is -2.30. The van der Waals surface area contributed by atoms with Crippen LogP contribution in [0.25, 0.3) is 0 Å². The Labute approximate surface area is 122 Å². The molecule has 0 radical (unpaired) electrons. The second-order valence-electron chi connectivity index (χ2n) is 5.41. The van der Waals surface area contributed by atoms with Crippen molar-refractivity contribution in [1.82, 2.24) is 10.2 Å². The lowest BCUT2D eigenvalue weighted by Gasteiger charge is -2.21. The lowest BCUT2D eigenvalue weighted by atomic mass is 9.99. The van der Waals surface area contributed by atoms with Gasteiger partial charge in [0.1, 0.15) is 0 Å². The number of nitrogens with zero attached hydrogens (tertiary/aromatic N) is 1. The molecule has 0 heterocycles. The molecule has 0 aromatic heterocycles. The van der Waals surface area contributed by atoms with E-state index in [0.717, 1.165) is 19.5 Å². The summed E-state index contributed by atoms with van der Waals surface area (Å²) in [6.07, 6.45) is 1.03. The second-order valence-corrected chi connectivity index (χ2v) is 5.41. The molecule has 2 heteroatoms. The predicted molar refractivity (Wildman–Crippen MR) is 85.9 cm³/mol. The zero-order valence-corrected chi connectivity index (χ0v) is 12.4. The highest BCUT2D eigenvalue weighted by molar-refractivity contribution is 5.23. The maximum Gasteiger partial charge on any atom is 0.0361 e. The van der Waals surface area contributed by atoms with Gasteiger partial charge in [-0.15, -0.1) is 0 Å². The number of hydrogen-bond donors (Lipinski definition) is 1. The van der Waals surface area contributed by atoms with E-state index in [1.54, 1.807) is 0 Å². The van der Waals surface area contributed by atoms with Gasteiger partial charge in [0.2, 0.25) is 0 Å². The molecule has 0 aliphatic carbocycles. The molecule has 0 bridgehead atoms. The smallest absolute Gasteiger partial charge is 0.0361 e. The van der Waals surface area contributed by atoms with E-state index >= 15 is 0 Å². The minimum absolute atomic E-state index is 0.374. The average Bonchev–Trinajstić information content (AvgIpc) is 2.48. The van der Waals surface area contributed by atoms with Crippen LogP contribution >= 0.6 is 0 Å². The molecule has 1 atom stereocenters. The summed E-state index contributed by atoms with van der Waals surface area (Å²) < 4.78 is 0. The molecule has 0 spiro atoms. The summed E-state index contributed by atoms with van der Waals surface area (Å²) >= 11 is 0. The number of nitrogens with one attached hydrogen (secondary N) is 1. The summed E-state index contributed by atoms with van der Waals surface area (Å²) in [6, 6.07) is 21.8. The Kier molecular flexibility index (Phi) is 5.78. The maximum atomic E-state index is 3.67. The van der Waals surface area contributed by atoms with Crippen LogP contribution in [0.3, 0.4) is 0 Å².